The lowest BCUT2D eigenvalue weighted by Crippen LogP contribution is -2.48. The lowest BCUT2D eigenvalue weighted by atomic mass is 10.0. The van der Waals surface area contributed by atoms with Gasteiger partial charge in [0.2, 0.25) is 5.56 Å². The highest BCUT2D eigenvalue weighted by atomic mass is 19.1. The third-order valence-electron chi connectivity index (χ3n) is 4.30. The molecule has 24 heavy (non-hydrogen) atoms. The zero-order chi connectivity index (χ0) is 17.1. The highest BCUT2D eigenvalue weighted by Gasteiger charge is 2.23. The van der Waals surface area contributed by atoms with Gasteiger partial charge in [-0.3, -0.25) is 9.59 Å². The van der Waals surface area contributed by atoms with Crippen LogP contribution in [0.2, 0.25) is 0 Å². The number of aromatic amines is 1. The normalized spacial score (nSPS) is 17.6. The van der Waals surface area contributed by atoms with E-state index in [0.29, 0.717) is 12.1 Å². The van der Waals surface area contributed by atoms with E-state index in [1.165, 1.54) is 30.5 Å². The third-order valence-corrected chi connectivity index (χ3v) is 4.30. The summed E-state index contributed by atoms with van der Waals surface area (Å²) >= 11 is 0. The van der Waals surface area contributed by atoms with Crippen LogP contribution in [0.4, 0.5) is 10.1 Å². The molecular weight excluding hydrogens is 309 g/mol. The molecule has 0 bridgehead atoms. The van der Waals surface area contributed by atoms with Gasteiger partial charge in [0.05, 0.1) is 5.56 Å². The Bertz CT molecular complexity index is 783. The van der Waals surface area contributed by atoms with Crippen LogP contribution in [-0.4, -0.2) is 30.0 Å². The molecule has 0 saturated carbocycles. The first kappa shape index (κ1) is 16.2. The van der Waals surface area contributed by atoms with Gasteiger partial charge in [0.1, 0.15) is 5.82 Å². The maximum Gasteiger partial charge on any atom is 0.253 e. The predicted molar refractivity (Wildman–Crippen MR) is 90.9 cm³/mol. The summed E-state index contributed by atoms with van der Waals surface area (Å²) in [5.41, 5.74) is 2.09. The van der Waals surface area contributed by atoms with Crippen molar-refractivity contribution in [1.29, 1.82) is 0 Å². The molecule has 6 heteroatoms. The highest BCUT2D eigenvalue weighted by molar-refractivity contribution is 5.94. The number of aromatic nitrogens is 1. The Hall–Kier alpha value is -2.63. The fourth-order valence-electron chi connectivity index (χ4n) is 3.11. The van der Waals surface area contributed by atoms with Crippen LogP contribution in [0, 0.1) is 12.7 Å². The molecule has 2 heterocycles. The average molecular weight is 329 g/mol. The zero-order valence-electron chi connectivity index (χ0n) is 13.5. The van der Waals surface area contributed by atoms with E-state index in [1.54, 1.807) is 6.07 Å². The maximum atomic E-state index is 13.3. The van der Waals surface area contributed by atoms with Crippen molar-refractivity contribution in [2.24, 2.45) is 0 Å². The number of H-pyrrole nitrogens is 1. The van der Waals surface area contributed by atoms with Gasteiger partial charge in [-0.2, -0.15) is 0 Å². The minimum atomic E-state index is -0.240. The van der Waals surface area contributed by atoms with E-state index in [2.05, 4.69) is 15.2 Å². The molecule has 0 spiro atoms. The van der Waals surface area contributed by atoms with Crippen molar-refractivity contribution in [3.63, 3.8) is 0 Å². The number of benzene rings is 1. The number of anilines is 1. The number of carbonyl (C=O) groups is 1. The number of carbonyl (C=O) groups excluding carboxylic acids is 1. The number of hydrogen-bond donors (Lipinski definition) is 2. The molecule has 1 unspecified atom stereocenters. The second-order valence-corrected chi connectivity index (χ2v) is 6.13. The number of piperidine rings is 1. The number of aryl methyl sites for hydroxylation is 1. The quantitative estimate of drug-likeness (QED) is 0.907. The highest BCUT2D eigenvalue weighted by Crippen LogP contribution is 2.24. The molecule has 1 fully saturated rings. The van der Waals surface area contributed by atoms with Crippen LogP contribution < -0.4 is 15.8 Å². The Morgan fingerprint density at radius 3 is 2.88 bits per heavy atom. The fraction of sp³-hybridized carbons (Fsp3) is 0.333. The zero-order valence-corrected chi connectivity index (χ0v) is 13.5. The van der Waals surface area contributed by atoms with E-state index < -0.39 is 0 Å². The Morgan fingerprint density at radius 1 is 1.33 bits per heavy atom. The molecule has 1 saturated heterocycles. The molecule has 1 amide bonds. The van der Waals surface area contributed by atoms with Crippen LogP contribution in [0.3, 0.4) is 0 Å². The van der Waals surface area contributed by atoms with Gasteiger partial charge in [-0.25, -0.2) is 4.39 Å². The lowest BCUT2D eigenvalue weighted by molar-refractivity contribution is 0.0933. The Balaban J connectivity index is 1.68. The minimum absolute atomic E-state index is 0.0163. The Labute approximate surface area is 139 Å². The van der Waals surface area contributed by atoms with Crippen LogP contribution in [0.25, 0.3) is 0 Å². The molecule has 1 aromatic carbocycles. The molecule has 1 aliphatic heterocycles. The van der Waals surface area contributed by atoms with Crippen LogP contribution >= 0.6 is 0 Å². The third kappa shape index (κ3) is 3.64. The first-order valence-corrected chi connectivity index (χ1v) is 8.03. The van der Waals surface area contributed by atoms with Gasteiger partial charge in [-0.15, -0.1) is 0 Å². The van der Waals surface area contributed by atoms with Crippen LogP contribution in [0.5, 0.6) is 0 Å². The first-order valence-electron chi connectivity index (χ1n) is 8.03. The maximum absolute atomic E-state index is 13.3. The second-order valence-electron chi connectivity index (χ2n) is 6.13. The second kappa shape index (κ2) is 6.86. The van der Waals surface area contributed by atoms with E-state index in [-0.39, 0.29) is 23.3 Å². The van der Waals surface area contributed by atoms with Gasteiger partial charge in [0.15, 0.2) is 0 Å². The summed E-state index contributed by atoms with van der Waals surface area (Å²) in [6.45, 7) is 3.46. The average Bonchev–Trinajstić information content (AvgIpc) is 2.55. The lowest BCUT2D eigenvalue weighted by Gasteiger charge is -2.35. The first-order chi connectivity index (χ1) is 11.5. The van der Waals surface area contributed by atoms with E-state index in [9.17, 15) is 14.0 Å². The molecule has 1 aromatic heterocycles. The van der Waals surface area contributed by atoms with Crippen molar-refractivity contribution in [2.45, 2.75) is 25.8 Å². The molecule has 1 atom stereocenters. The van der Waals surface area contributed by atoms with Crippen LogP contribution in [0.1, 0.15) is 28.8 Å². The Kier molecular flexibility index (Phi) is 4.64. The van der Waals surface area contributed by atoms with Crippen molar-refractivity contribution in [3.8, 4) is 0 Å². The SMILES string of the molecule is Cc1cc(F)ccc1N1CCCC(NC(=O)c2ccc(=O)[nH]c2)C1. The monoisotopic (exact) mass is 329 g/mol. The number of pyridine rings is 1. The molecule has 2 aromatic rings. The van der Waals surface area contributed by atoms with Gasteiger partial charge in [0.25, 0.3) is 5.91 Å². The number of halogens is 1. The molecule has 126 valence electrons. The van der Waals surface area contributed by atoms with Gasteiger partial charge >= 0.3 is 0 Å². The summed E-state index contributed by atoms with van der Waals surface area (Å²) in [4.78, 5) is 28.0. The van der Waals surface area contributed by atoms with E-state index in [4.69, 9.17) is 0 Å². The molecule has 1 aliphatic rings. The Morgan fingerprint density at radius 2 is 2.17 bits per heavy atom. The number of amides is 1. The molecule has 3 rings (SSSR count). The van der Waals surface area contributed by atoms with Crippen LogP contribution in [0.15, 0.2) is 41.3 Å². The molecule has 2 N–H and O–H groups in total. The van der Waals surface area contributed by atoms with Crippen molar-refractivity contribution in [1.82, 2.24) is 10.3 Å². The smallest absolute Gasteiger partial charge is 0.253 e. The summed E-state index contributed by atoms with van der Waals surface area (Å²) in [6.07, 6.45) is 3.27. The number of rotatable bonds is 3. The standard InChI is InChI=1S/C18H20FN3O2/c1-12-9-14(19)5-6-16(12)22-8-2-3-15(11-22)21-18(24)13-4-7-17(23)20-10-13/h4-7,9-10,15H,2-3,8,11H2,1H3,(H,20,23)(H,21,24). The fourth-order valence-corrected chi connectivity index (χ4v) is 3.11. The molecule has 0 radical (unpaired) electrons. The largest absolute Gasteiger partial charge is 0.369 e. The van der Waals surface area contributed by atoms with E-state index in [1.807, 2.05) is 6.92 Å². The van der Waals surface area contributed by atoms with Crippen molar-refractivity contribution in [2.75, 3.05) is 18.0 Å². The number of hydrogen-bond acceptors (Lipinski definition) is 3. The predicted octanol–water partition coefficient (Wildman–Crippen LogP) is 2.22. The van der Waals surface area contributed by atoms with E-state index in [0.717, 1.165) is 30.6 Å². The molecule has 0 aliphatic carbocycles. The van der Waals surface area contributed by atoms with Crippen molar-refractivity contribution < 1.29 is 9.18 Å². The van der Waals surface area contributed by atoms with Crippen molar-refractivity contribution >= 4 is 11.6 Å². The summed E-state index contributed by atoms with van der Waals surface area (Å²) in [5, 5.41) is 3.01. The van der Waals surface area contributed by atoms with E-state index >= 15 is 0 Å². The number of nitrogens with one attached hydrogen (secondary N) is 2. The topological polar surface area (TPSA) is 65.2 Å². The van der Waals surface area contributed by atoms with Gasteiger partial charge < -0.3 is 15.2 Å². The van der Waals surface area contributed by atoms with Crippen LogP contribution in [-0.2, 0) is 0 Å². The summed E-state index contributed by atoms with van der Waals surface area (Å²) in [6, 6.07) is 7.64. The summed E-state index contributed by atoms with van der Waals surface area (Å²) in [7, 11) is 0. The van der Waals surface area contributed by atoms with Gasteiger partial charge in [0, 0.05) is 37.1 Å². The van der Waals surface area contributed by atoms with Gasteiger partial charge in [-0.05, 0) is 49.6 Å². The van der Waals surface area contributed by atoms with Crippen molar-refractivity contribution in [3.05, 3.63) is 63.8 Å². The molecule has 5 nitrogen and oxygen atoms in total. The summed E-state index contributed by atoms with van der Waals surface area (Å²) in [5.74, 6) is -0.440. The summed E-state index contributed by atoms with van der Waals surface area (Å²) < 4.78 is 13.3. The molecular formula is C18H20FN3O2. The van der Waals surface area contributed by atoms with Gasteiger partial charge in [-0.1, -0.05) is 0 Å². The number of nitrogens with zero attached hydrogens (tertiary/aromatic N) is 1. The minimum Gasteiger partial charge on any atom is -0.369 e.